The molecule has 0 saturated carbocycles. The summed E-state index contributed by atoms with van der Waals surface area (Å²) < 4.78 is 0. The van der Waals surface area contributed by atoms with Crippen LogP contribution >= 0.6 is 0 Å². The summed E-state index contributed by atoms with van der Waals surface area (Å²) in [6, 6.07) is 0.395. The van der Waals surface area contributed by atoms with Gasteiger partial charge in [-0.15, -0.1) is 0 Å². The minimum Gasteiger partial charge on any atom is -0.328 e. The maximum atomic E-state index is 5.88. The lowest BCUT2D eigenvalue weighted by atomic mass is 9.99. The lowest BCUT2D eigenvalue weighted by Crippen LogP contribution is -2.21. The molecule has 0 fully saturated rings. The van der Waals surface area contributed by atoms with Crippen molar-refractivity contribution >= 4 is 0 Å². The maximum absolute atomic E-state index is 5.88. The lowest BCUT2D eigenvalue weighted by molar-refractivity contribution is 0.498. The number of nitrogens with two attached hydrogens (primary N) is 1. The summed E-state index contributed by atoms with van der Waals surface area (Å²) in [5.41, 5.74) is 5.88. The summed E-state index contributed by atoms with van der Waals surface area (Å²) in [7, 11) is 0. The van der Waals surface area contributed by atoms with E-state index >= 15 is 0 Å². The van der Waals surface area contributed by atoms with Crippen molar-refractivity contribution in [3.63, 3.8) is 0 Å². The Bertz CT molecular complexity index is 107. The molecule has 11 heavy (non-hydrogen) atoms. The third-order valence-corrected chi connectivity index (χ3v) is 1.85. The van der Waals surface area contributed by atoms with E-state index in [2.05, 4.69) is 32.9 Å². The van der Waals surface area contributed by atoms with Crippen LogP contribution in [-0.2, 0) is 0 Å². The molecule has 1 heteroatoms. The molecule has 0 aromatic rings. The topological polar surface area (TPSA) is 26.0 Å². The molecule has 0 aliphatic carbocycles. The Hall–Kier alpha value is -0.300. The number of hydrogen-bond acceptors (Lipinski definition) is 1. The molecule has 0 aliphatic rings. The van der Waals surface area contributed by atoms with Crippen LogP contribution in [0.2, 0.25) is 0 Å². The molecule has 0 bridgehead atoms. The van der Waals surface area contributed by atoms with E-state index in [9.17, 15) is 0 Å². The molecule has 2 N–H and O–H groups in total. The van der Waals surface area contributed by atoms with Crippen molar-refractivity contribution in [1.29, 1.82) is 0 Å². The molecule has 66 valence electrons. The van der Waals surface area contributed by atoms with Crippen LogP contribution in [0.5, 0.6) is 0 Å². The average molecular weight is 155 g/mol. The fraction of sp³-hybridized carbons (Fsp3) is 0.800. The highest BCUT2D eigenvalue weighted by Crippen LogP contribution is 2.09. The molecule has 0 aliphatic heterocycles. The van der Waals surface area contributed by atoms with Crippen molar-refractivity contribution < 1.29 is 0 Å². The highest BCUT2D eigenvalue weighted by Gasteiger charge is 2.04. The first kappa shape index (κ1) is 10.7. The van der Waals surface area contributed by atoms with Gasteiger partial charge in [-0.3, -0.25) is 0 Å². The van der Waals surface area contributed by atoms with Gasteiger partial charge >= 0.3 is 0 Å². The predicted octanol–water partition coefficient (Wildman–Crippen LogP) is 2.72. The van der Waals surface area contributed by atoms with Crippen LogP contribution in [0.15, 0.2) is 12.2 Å². The number of rotatable bonds is 5. The molecule has 0 rings (SSSR count). The van der Waals surface area contributed by atoms with Crippen molar-refractivity contribution in [2.45, 2.75) is 46.1 Å². The van der Waals surface area contributed by atoms with Crippen molar-refractivity contribution in [3.8, 4) is 0 Å². The van der Waals surface area contributed by atoms with Crippen molar-refractivity contribution in [3.05, 3.63) is 12.2 Å². The first-order valence-corrected chi connectivity index (χ1v) is 4.59. The van der Waals surface area contributed by atoms with Crippen molar-refractivity contribution in [2.75, 3.05) is 0 Å². The van der Waals surface area contributed by atoms with Gasteiger partial charge in [0.15, 0.2) is 0 Å². The predicted molar refractivity (Wildman–Crippen MR) is 51.5 cm³/mol. The molecular weight excluding hydrogens is 134 g/mol. The molecular formula is C10H21N. The van der Waals surface area contributed by atoms with Gasteiger partial charge in [-0.2, -0.15) is 0 Å². The highest BCUT2D eigenvalue weighted by atomic mass is 14.6. The second-order valence-electron chi connectivity index (χ2n) is 3.29. The van der Waals surface area contributed by atoms with Crippen molar-refractivity contribution in [1.82, 2.24) is 0 Å². The van der Waals surface area contributed by atoms with Crippen LogP contribution in [0.3, 0.4) is 0 Å². The van der Waals surface area contributed by atoms with E-state index in [0.29, 0.717) is 12.0 Å². The van der Waals surface area contributed by atoms with E-state index < -0.39 is 0 Å². The fourth-order valence-corrected chi connectivity index (χ4v) is 1.37. The largest absolute Gasteiger partial charge is 0.328 e. The molecule has 2 atom stereocenters. The minimum atomic E-state index is 0.395. The first-order valence-electron chi connectivity index (χ1n) is 4.59. The second-order valence-corrected chi connectivity index (χ2v) is 3.29. The Balaban J connectivity index is 3.48. The molecule has 0 amide bonds. The molecule has 1 unspecified atom stereocenters. The Morgan fingerprint density at radius 1 is 1.45 bits per heavy atom. The first-order chi connectivity index (χ1) is 5.20. The van der Waals surface area contributed by atoms with Gasteiger partial charge in [-0.25, -0.2) is 0 Å². The summed E-state index contributed by atoms with van der Waals surface area (Å²) in [5, 5.41) is 0. The van der Waals surface area contributed by atoms with Crippen LogP contribution in [-0.4, -0.2) is 6.04 Å². The molecule has 0 spiro atoms. The van der Waals surface area contributed by atoms with Crippen LogP contribution in [0, 0.1) is 5.92 Å². The molecule has 1 nitrogen and oxygen atoms in total. The maximum Gasteiger partial charge on any atom is 0.00442 e. The zero-order chi connectivity index (χ0) is 8.69. The number of hydrogen-bond donors (Lipinski definition) is 1. The van der Waals surface area contributed by atoms with Gasteiger partial charge in [0.25, 0.3) is 0 Å². The Morgan fingerprint density at radius 3 is 2.55 bits per heavy atom. The summed E-state index contributed by atoms with van der Waals surface area (Å²) in [5.74, 6) is 0.640. The third-order valence-electron chi connectivity index (χ3n) is 1.85. The van der Waals surface area contributed by atoms with Gasteiger partial charge in [-0.05, 0) is 25.7 Å². The Labute approximate surface area is 70.7 Å². The van der Waals surface area contributed by atoms with Gasteiger partial charge in [-0.1, -0.05) is 32.4 Å². The number of allylic oxidation sites excluding steroid dienone is 2. The van der Waals surface area contributed by atoms with Crippen LogP contribution < -0.4 is 5.73 Å². The van der Waals surface area contributed by atoms with Gasteiger partial charge in [0.2, 0.25) is 0 Å². The van der Waals surface area contributed by atoms with E-state index in [1.165, 1.54) is 6.42 Å². The summed E-state index contributed by atoms with van der Waals surface area (Å²) >= 11 is 0. The van der Waals surface area contributed by atoms with Crippen LogP contribution in [0.4, 0.5) is 0 Å². The van der Waals surface area contributed by atoms with E-state index in [4.69, 9.17) is 5.73 Å². The molecule has 0 heterocycles. The zero-order valence-corrected chi connectivity index (χ0v) is 8.01. The van der Waals surface area contributed by atoms with Gasteiger partial charge < -0.3 is 5.73 Å². The monoisotopic (exact) mass is 155 g/mol. The Morgan fingerprint density at radius 2 is 2.09 bits per heavy atom. The van der Waals surface area contributed by atoms with Crippen molar-refractivity contribution in [2.24, 2.45) is 11.7 Å². The quantitative estimate of drug-likeness (QED) is 0.607. The molecule has 0 aromatic heterocycles. The molecule has 0 radical (unpaired) electrons. The summed E-state index contributed by atoms with van der Waals surface area (Å²) in [6.45, 7) is 6.46. The van der Waals surface area contributed by atoms with Gasteiger partial charge in [0, 0.05) is 6.04 Å². The second kappa shape index (κ2) is 6.41. The van der Waals surface area contributed by atoms with Gasteiger partial charge in [0.05, 0.1) is 0 Å². The third kappa shape index (κ3) is 6.11. The Kier molecular flexibility index (Phi) is 6.24. The minimum absolute atomic E-state index is 0.395. The normalized spacial score (nSPS) is 17.1. The summed E-state index contributed by atoms with van der Waals surface area (Å²) in [6.07, 6.45) is 7.79. The van der Waals surface area contributed by atoms with E-state index in [1.807, 2.05) is 0 Å². The van der Waals surface area contributed by atoms with E-state index in [-0.39, 0.29) is 0 Å². The van der Waals surface area contributed by atoms with E-state index in [1.54, 1.807) is 0 Å². The van der Waals surface area contributed by atoms with Crippen LogP contribution in [0.25, 0.3) is 0 Å². The highest BCUT2D eigenvalue weighted by molar-refractivity contribution is 4.84. The zero-order valence-electron chi connectivity index (χ0n) is 8.01. The standard InChI is InChI=1S/C10H21N/c1-4-6-9(3)8-10(11)7-5-2/h4,6,9-10H,5,7-8,11H2,1-3H3/b6-4-/t9?,10-/m0/s1. The van der Waals surface area contributed by atoms with Crippen LogP contribution in [0.1, 0.15) is 40.0 Å². The smallest absolute Gasteiger partial charge is 0.00442 e. The van der Waals surface area contributed by atoms with Gasteiger partial charge in [0.1, 0.15) is 0 Å². The molecule has 0 aromatic carbocycles. The average Bonchev–Trinajstić information content (AvgIpc) is 1.87. The summed E-state index contributed by atoms with van der Waals surface area (Å²) in [4.78, 5) is 0. The lowest BCUT2D eigenvalue weighted by Gasteiger charge is -2.12. The fourth-order valence-electron chi connectivity index (χ4n) is 1.37. The SMILES string of the molecule is C/C=C\C(C)C[C@@H](N)CCC. The van der Waals surface area contributed by atoms with E-state index in [0.717, 1.165) is 12.8 Å². The molecule has 0 saturated heterocycles.